The number of carboxylic acids is 2. The molecule has 2 aromatic rings. The van der Waals surface area contributed by atoms with Crippen LogP contribution in [0.5, 0.6) is 0 Å². The molecule has 1 aromatic carbocycles. The van der Waals surface area contributed by atoms with E-state index in [0.29, 0.717) is 24.1 Å². The van der Waals surface area contributed by atoms with Gasteiger partial charge in [0.15, 0.2) is 0 Å². The maximum Gasteiger partial charge on any atom is 0.328 e. The summed E-state index contributed by atoms with van der Waals surface area (Å²) in [6, 6.07) is 11.4. The fraction of sp³-hybridized carbons (Fsp3) is 0.435. The third-order valence-electron chi connectivity index (χ3n) is 4.91. The fourth-order valence-electron chi connectivity index (χ4n) is 3.64. The Morgan fingerprint density at radius 1 is 1.13 bits per heavy atom. The first-order valence-corrected chi connectivity index (χ1v) is 10.3. The van der Waals surface area contributed by atoms with E-state index in [0.717, 1.165) is 25.2 Å². The Morgan fingerprint density at radius 2 is 1.77 bits per heavy atom. The van der Waals surface area contributed by atoms with E-state index in [4.69, 9.17) is 10.2 Å². The molecule has 3 rings (SSSR count). The molecule has 30 heavy (non-hydrogen) atoms. The van der Waals surface area contributed by atoms with Crippen molar-refractivity contribution in [2.75, 3.05) is 19.6 Å². The van der Waals surface area contributed by atoms with E-state index in [-0.39, 0.29) is 0 Å². The van der Waals surface area contributed by atoms with E-state index < -0.39 is 11.9 Å². The third-order valence-corrected chi connectivity index (χ3v) is 4.91. The number of piperidine rings is 1. The zero-order valence-electron chi connectivity index (χ0n) is 17.6. The summed E-state index contributed by atoms with van der Waals surface area (Å²) in [7, 11) is 0. The van der Waals surface area contributed by atoms with Gasteiger partial charge in [0.2, 0.25) is 0 Å². The standard InChI is InChI=1S/C19H27N3.C4H4O4/c1-15(2)13-22(17-8-10-20-11-9-17)14-16-7-12-21-19-6-4-3-5-18(16)19;5-3(6)1-2-4(7)8/h3-7,12,15,17,20H,8-11,13-14H2,1-2H3;1-2H,(H,5,6)(H,7,8)/b;2-1+. The number of aliphatic carboxylic acids is 2. The minimum atomic E-state index is -1.26. The predicted octanol–water partition coefficient (Wildman–Crippen LogP) is 3.16. The molecule has 7 nitrogen and oxygen atoms in total. The first-order valence-electron chi connectivity index (χ1n) is 10.3. The van der Waals surface area contributed by atoms with Crippen LogP contribution < -0.4 is 5.32 Å². The zero-order valence-corrected chi connectivity index (χ0v) is 17.6. The molecule has 7 heteroatoms. The van der Waals surface area contributed by atoms with Crippen molar-refractivity contribution in [3.8, 4) is 0 Å². The summed E-state index contributed by atoms with van der Waals surface area (Å²) < 4.78 is 0. The summed E-state index contributed by atoms with van der Waals surface area (Å²) >= 11 is 0. The van der Waals surface area contributed by atoms with Crippen molar-refractivity contribution in [2.24, 2.45) is 5.92 Å². The maximum atomic E-state index is 9.55. The lowest BCUT2D eigenvalue weighted by Crippen LogP contribution is -2.44. The van der Waals surface area contributed by atoms with Crippen LogP contribution in [0.4, 0.5) is 0 Å². The van der Waals surface area contributed by atoms with Crippen LogP contribution in [0.25, 0.3) is 10.9 Å². The van der Waals surface area contributed by atoms with E-state index in [2.05, 4.69) is 59.4 Å². The number of hydrogen-bond acceptors (Lipinski definition) is 5. The lowest BCUT2D eigenvalue weighted by Gasteiger charge is -2.36. The van der Waals surface area contributed by atoms with Crippen LogP contribution in [-0.4, -0.2) is 57.7 Å². The average Bonchev–Trinajstić information content (AvgIpc) is 2.73. The van der Waals surface area contributed by atoms with Crippen LogP contribution in [-0.2, 0) is 16.1 Å². The number of nitrogens with zero attached hydrogens (tertiary/aromatic N) is 2. The Kier molecular flexibility index (Phi) is 9.44. The lowest BCUT2D eigenvalue weighted by molar-refractivity contribution is -0.134. The second-order valence-corrected chi connectivity index (χ2v) is 7.80. The van der Waals surface area contributed by atoms with E-state index in [9.17, 15) is 9.59 Å². The van der Waals surface area contributed by atoms with Gasteiger partial charge in [0.1, 0.15) is 0 Å². The van der Waals surface area contributed by atoms with Gasteiger partial charge in [-0.25, -0.2) is 9.59 Å². The molecule has 0 aliphatic carbocycles. The third kappa shape index (κ3) is 7.93. The topological polar surface area (TPSA) is 103 Å². The summed E-state index contributed by atoms with van der Waals surface area (Å²) in [5, 5.41) is 20.4. The van der Waals surface area contributed by atoms with Gasteiger partial charge in [0.05, 0.1) is 5.52 Å². The van der Waals surface area contributed by atoms with Gasteiger partial charge in [-0.1, -0.05) is 32.0 Å². The molecule has 0 bridgehead atoms. The number of rotatable bonds is 7. The van der Waals surface area contributed by atoms with Gasteiger partial charge in [0.25, 0.3) is 0 Å². The average molecular weight is 414 g/mol. The van der Waals surface area contributed by atoms with Crippen molar-refractivity contribution >= 4 is 22.8 Å². The number of carbonyl (C=O) groups is 2. The Bertz CT molecular complexity index is 839. The Balaban J connectivity index is 0.000000343. The molecule has 1 aliphatic heterocycles. The number of para-hydroxylation sites is 1. The molecule has 3 N–H and O–H groups in total. The lowest BCUT2D eigenvalue weighted by atomic mass is 10.0. The number of fused-ring (bicyclic) bond motifs is 1. The van der Waals surface area contributed by atoms with Gasteiger partial charge in [0, 0.05) is 42.9 Å². The molecule has 0 spiro atoms. The smallest absolute Gasteiger partial charge is 0.328 e. The second kappa shape index (κ2) is 12.0. The van der Waals surface area contributed by atoms with Crippen molar-refractivity contribution in [1.29, 1.82) is 0 Å². The maximum absolute atomic E-state index is 9.55. The molecule has 0 unspecified atom stereocenters. The quantitative estimate of drug-likeness (QED) is 0.599. The predicted molar refractivity (Wildman–Crippen MR) is 117 cm³/mol. The van der Waals surface area contributed by atoms with Crippen LogP contribution >= 0.6 is 0 Å². The number of pyridine rings is 1. The molecule has 0 amide bonds. The number of benzene rings is 1. The highest BCUT2D eigenvalue weighted by molar-refractivity contribution is 5.89. The van der Waals surface area contributed by atoms with Crippen molar-refractivity contribution in [1.82, 2.24) is 15.2 Å². The van der Waals surface area contributed by atoms with Crippen LogP contribution in [0.1, 0.15) is 32.3 Å². The molecular formula is C23H31N3O4. The van der Waals surface area contributed by atoms with Gasteiger partial charge >= 0.3 is 11.9 Å². The van der Waals surface area contributed by atoms with Crippen molar-refractivity contribution < 1.29 is 19.8 Å². The van der Waals surface area contributed by atoms with Gasteiger partial charge in [-0.3, -0.25) is 9.88 Å². The first kappa shape index (κ1) is 23.5. The first-order chi connectivity index (χ1) is 14.4. The number of hydrogen-bond donors (Lipinski definition) is 3. The van der Waals surface area contributed by atoms with E-state index in [1.54, 1.807) is 0 Å². The van der Waals surface area contributed by atoms with Crippen molar-refractivity contribution in [2.45, 2.75) is 39.3 Å². The monoisotopic (exact) mass is 413 g/mol. The second-order valence-electron chi connectivity index (χ2n) is 7.80. The molecule has 1 aliphatic rings. The van der Waals surface area contributed by atoms with Crippen molar-refractivity contribution in [3.63, 3.8) is 0 Å². The Morgan fingerprint density at radius 3 is 2.37 bits per heavy atom. The number of nitrogens with one attached hydrogen (secondary N) is 1. The fourth-order valence-corrected chi connectivity index (χ4v) is 3.64. The largest absolute Gasteiger partial charge is 0.478 e. The molecule has 0 atom stereocenters. The highest BCUT2D eigenvalue weighted by Crippen LogP contribution is 2.22. The number of carboxylic acid groups (broad SMARTS) is 2. The Hall–Kier alpha value is -2.77. The minimum Gasteiger partial charge on any atom is -0.478 e. The molecular weight excluding hydrogens is 382 g/mol. The molecule has 1 fully saturated rings. The highest BCUT2D eigenvalue weighted by Gasteiger charge is 2.22. The van der Waals surface area contributed by atoms with Crippen LogP contribution in [0.3, 0.4) is 0 Å². The number of aromatic nitrogens is 1. The van der Waals surface area contributed by atoms with Crippen molar-refractivity contribution in [3.05, 3.63) is 54.2 Å². The highest BCUT2D eigenvalue weighted by atomic mass is 16.4. The van der Waals surface area contributed by atoms with E-state index in [1.807, 2.05) is 6.20 Å². The van der Waals surface area contributed by atoms with Crippen LogP contribution in [0, 0.1) is 5.92 Å². The molecule has 162 valence electrons. The van der Waals surface area contributed by atoms with Gasteiger partial charge in [-0.2, -0.15) is 0 Å². The summed E-state index contributed by atoms with van der Waals surface area (Å²) in [6.07, 6.45) is 5.59. The molecule has 1 saturated heterocycles. The van der Waals surface area contributed by atoms with E-state index in [1.165, 1.54) is 30.3 Å². The normalized spacial score (nSPS) is 14.8. The zero-order chi connectivity index (χ0) is 21.9. The van der Waals surface area contributed by atoms with Gasteiger partial charge in [-0.05, 0) is 49.5 Å². The summed E-state index contributed by atoms with van der Waals surface area (Å²) in [5.41, 5.74) is 2.51. The van der Waals surface area contributed by atoms with Crippen LogP contribution in [0.2, 0.25) is 0 Å². The molecule has 2 heterocycles. The molecule has 0 saturated carbocycles. The van der Waals surface area contributed by atoms with E-state index >= 15 is 0 Å². The molecule has 0 radical (unpaired) electrons. The van der Waals surface area contributed by atoms with Gasteiger partial charge in [-0.15, -0.1) is 0 Å². The van der Waals surface area contributed by atoms with Crippen LogP contribution in [0.15, 0.2) is 48.7 Å². The summed E-state index contributed by atoms with van der Waals surface area (Å²) in [4.78, 5) is 26.3. The minimum absolute atomic E-state index is 0.558. The summed E-state index contributed by atoms with van der Waals surface area (Å²) in [5.74, 6) is -1.82. The summed E-state index contributed by atoms with van der Waals surface area (Å²) in [6.45, 7) is 9.14. The van der Waals surface area contributed by atoms with Gasteiger partial charge < -0.3 is 15.5 Å². The Labute approximate surface area is 177 Å². The SMILES string of the molecule is CC(C)CN(Cc1ccnc2ccccc12)C1CCNCC1.O=C(O)/C=C/C(=O)O. The molecule has 1 aromatic heterocycles.